The third-order valence-corrected chi connectivity index (χ3v) is 8.69. The zero-order valence-corrected chi connectivity index (χ0v) is 31.9. The summed E-state index contributed by atoms with van der Waals surface area (Å²) >= 11 is 0. The second-order valence-corrected chi connectivity index (χ2v) is 15.1. The molecular weight excluding hydrogens is 613 g/mol. The molecule has 0 spiro atoms. The summed E-state index contributed by atoms with van der Waals surface area (Å²) in [6.07, 6.45) is 34.9. The summed E-state index contributed by atoms with van der Waals surface area (Å²) in [7, 11) is 1.65. The van der Waals surface area contributed by atoms with E-state index in [1.807, 2.05) is 21.1 Å². The molecule has 1 N–H and O–H groups in total. The standard InChI is InChI=1S/C38H72NO7P/c1-6-8-10-12-13-14-15-16-17-18-19-20-21-22-23-24-25-26-28-30-33-43-35-37(46-38(40)31-29-27-11-9-7-2)36-45-47(41,42)44-34-32-39(3,4)5/h13-14,16-17,19-20,37H,6-12,15,18,21-36H2,1-5H3/p+1/b14-13-,17-16-,20-19-. The van der Waals surface area contributed by atoms with Crippen molar-refractivity contribution in [2.24, 2.45) is 0 Å². The average molecular weight is 687 g/mol. The van der Waals surface area contributed by atoms with Gasteiger partial charge < -0.3 is 18.9 Å². The maximum atomic E-state index is 12.4. The minimum Gasteiger partial charge on any atom is -0.457 e. The van der Waals surface area contributed by atoms with Crippen LogP contribution >= 0.6 is 7.82 Å². The Hall–Kier alpha value is -1.28. The Morgan fingerprint density at radius 1 is 0.660 bits per heavy atom. The first-order valence-electron chi connectivity index (χ1n) is 18.7. The third-order valence-electron chi connectivity index (χ3n) is 7.70. The number of allylic oxidation sites excluding steroid dienone is 6. The van der Waals surface area contributed by atoms with Gasteiger partial charge in [0.1, 0.15) is 19.3 Å². The molecule has 0 saturated heterocycles. The number of quaternary nitrogens is 1. The van der Waals surface area contributed by atoms with Crippen molar-refractivity contribution in [3.8, 4) is 0 Å². The number of unbranched alkanes of at least 4 members (excludes halogenated alkanes) is 14. The number of likely N-dealkylation sites (N-methyl/N-ethyl adjacent to an activating group) is 1. The Morgan fingerprint density at radius 2 is 1.17 bits per heavy atom. The molecule has 0 aromatic rings. The third kappa shape index (κ3) is 35.8. The summed E-state index contributed by atoms with van der Waals surface area (Å²) in [6.45, 7) is 5.47. The van der Waals surface area contributed by atoms with Gasteiger partial charge in [0.2, 0.25) is 0 Å². The fraction of sp³-hybridized carbons (Fsp3) is 0.816. The van der Waals surface area contributed by atoms with Crippen LogP contribution in [0.1, 0.15) is 142 Å². The van der Waals surface area contributed by atoms with E-state index < -0.39 is 13.9 Å². The van der Waals surface area contributed by atoms with E-state index in [9.17, 15) is 14.3 Å². The van der Waals surface area contributed by atoms with Gasteiger partial charge >= 0.3 is 13.8 Å². The number of phosphoric ester groups is 1. The smallest absolute Gasteiger partial charge is 0.457 e. The number of esters is 1. The van der Waals surface area contributed by atoms with Crippen molar-refractivity contribution in [3.63, 3.8) is 0 Å². The van der Waals surface area contributed by atoms with Crippen molar-refractivity contribution in [2.75, 3.05) is 54.1 Å². The largest absolute Gasteiger partial charge is 0.472 e. The van der Waals surface area contributed by atoms with E-state index >= 15 is 0 Å². The number of rotatable bonds is 34. The molecule has 0 amide bonds. The van der Waals surface area contributed by atoms with Gasteiger partial charge in [-0.25, -0.2) is 4.57 Å². The first-order chi connectivity index (χ1) is 22.6. The molecule has 0 aliphatic rings. The normalized spacial score (nSPS) is 14.4. The van der Waals surface area contributed by atoms with Crippen molar-refractivity contribution in [1.82, 2.24) is 0 Å². The van der Waals surface area contributed by atoms with Gasteiger partial charge in [-0.1, -0.05) is 121 Å². The fourth-order valence-electron chi connectivity index (χ4n) is 4.73. The molecule has 0 fully saturated rings. The Bertz CT molecular complexity index is 853. The van der Waals surface area contributed by atoms with E-state index in [4.69, 9.17) is 18.5 Å². The lowest BCUT2D eigenvalue weighted by molar-refractivity contribution is -0.870. The van der Waals surface area contributed by atoms with Gasteiger partial charge in [-0.2, -0.15) is 0 Å². The van der Waals surface area contributed by atoms with E-state index in [2.05, 4.69) is 50.3 Å². The van der Waals surface area contributed by atoms with E-state index in [0.717, 1.165) is 64.2 Å². The Balaban J connectivity index is 4.10. The molecule has 276 valence electrons. The van der Waals surface area contributed by atoms with Crippen molar-refractivity contribution in [2.45, 2.75) is 148 Å². The van der Waals surface area contributed by atoms with Crippen LogP contribution in [0.4, 0.5) is 0 Å². The van der Waals surface area contributed by atoms with Gasteiger partial charge in [0.15, 0.2) is 0 Å². The molecule has 2 unspecified atom stereocenters. The summed E-state index contributed by atoms with van der Waals surface area (Å²) in [6, 6.07) is 0. The van der Waals surface area contributed by atoms with Crippen LogP contribution < -0.4 is 0 Å². The highest BCUT2D eigenvalue weighted by Gasteiger charge is 2.26. The summed E-state index contributed by atoms with van der Waals surface area (Å²) in [5, 5.41) is 0. The van der Waals surface area contributed by atoms with Crippen molar-refractivity contribution in [1.29, 1.82) is 0 Å². The predicted octanol–water partition coefficient (Wildman–Crippen LogP) is 10.3. The second-order valence-electron chi connectivity index (χ2n) is 13.6. The lowest BCUT2D eigenvalue weighted by Crippen LogP contribution is -2.37. The highest BCUT2D eigenvalue weighted by Crippen LogP contribution is 2.43. The number of nitrogens with zero attached hydrogens (tertiary/aromatic N) is 1. The maximum absolute atomic E-state index is 12.4. The van der Waals surface area contributed by atoms with Gasteiger partial charge in [-0.05, 0) is 51.4 Å². The van der Waals surface area contributed by atoms with E-state index in [1.165, 1.54) is 57.8 Å². The molecule has 0 aromatic heterocycles. The monoisotopic (exact) mass is 687 g/mol. The molecule has 0 aromatic carbocycles. The van der Waals surface area contributed by atoms with Gasteiger partial charge in [-0.3, -0.25) is 13.8 Å². The van der Waals surface area contributed by atoms with Crippen molar-refractivity contribution >= 4 is 13.8 Å². The maximum Gasteiger partial charge on any atom is 0.472 e. The minimum absolute atomic E-state index is 0.0859. The Kier molecular flexibility index (Phi) is 31.1. The van der Waals surface area contributed by atoms with E-state index in [0.29, 0.717) is 24.1 Å². The van der Waals surface area contributed by atoms with E-state index in [-0.39, 0.29) is 25.8 Å². The lowest BCUT2D eigenvalue weighted by Gasteiger charge is -2.24. The predicted molar refractivity (Wildman–Crippen MR) is 196 cm³/mol. The summed E-state index contributed by atoms with van der Waals surface area (Å²) in [4.78, 5) is 22.5. The summed E-state index contributed by atoms with van der Waals surface area (Å²) in [5.74, 6) is -0.332. The topological polar surface area (TPSA) is 91.3 Å². The molecule has 0 rings (SSSR count). The zero-order chi connectivity index (χ0) is 34.9. The molecule has 0 bridgehead atoms. The second kappa shape index (κ2) is 32.0. The molecule has 0 saturated carbocycles. The first kappa shape index (κ1) is 45.7. The van der Waals surface area contributed by atoms with Crippen LogP contribution in [0.5, 0.6) is 0 Å². The number of phosphoric acid groups is 1. The number of hydrogen-bond donors (Lipinski definition) is 1. The Morgan fingerprint density at radius 3 is 1.79 bits per heavy atom. The highest BCUT2D eigenvalue weighted by molar-refractivity contribution is 7.47. The van der Waals surface area contributed by atoms with Crippen LogP contribution in [-0.2, 0) is 27.9 Å². The molecule has 0 aliphatic heterocycles. The number of carbonyl (C=O) groups is 1. The summed E-state index contributed by atoms with van der Waals surface area (Å²) in [5.41, 5.74) is 0. The first-order valence-corrected chi connectivity index (χ1v) is 20.2. The number of ether oxygens (including phenoxy) is 2. The van der Waals surface area contributed by atoms with Gasteiger partial charge in [0.05, 0.1) is 34.4 Å². The van der Waals surface area contributed by atoms with Crippen molar-refractivity contribution in [3.05, 3.63) is 36.5 Å². The SMILES string of the molecule is CCCCC/C=C\C/C=C\C/C=C\CCCCCCCCCOCC(COP(=O)(O)OCC[N+](C)(C)C)OC(=O)CCCCCCC. The highest BCUT2D eigenvalue weighted by atomic mass is 31.2. The molecule has 8 nitrogen and oxygen atoms in total. The van der Waals surface area contributed by atoms with Crippen LogP contribution in [0.25, 0.3) is 0 Å². The fourth-order valence-corrected chi connectivity index (χ4v) is 5.47. The molecule has 47 heavy (non-hydrogen) atoms. The van der Waals surface area contributed by atoms with Crippen LogP contribution in [0.2, 0.25) is 0 Å². The van der Waals surface area contributed by atoms with Crippen LogP contribution in [0.15, 0.2) is 36.5 Å². The zero-order valence-electron chi connectivity index (χ0n) is 31.0. The van der Waals surface area contributed by atoms with Crippen LogP contribution in [-0.4, -0.2) is 75.6 Å². The van der Waals surface area contributed by atoms with Crippen LogP contribution in [0.3, 0.4) is 0 Å². The lowest BCUT2D eigenvalue weighted by atomic mass is 10.1. The molecule has 0 aliphatic carbocycles. The van der Waals surface area contributed by atoms with Gasteiger partial charge in [-0.15, -0.1) is 0 Å². The quantitative estimate of drug-likeness (QED) is 0.0237. The molecular formula is C38H73NO7P+. The van der Waals surface area contributed by atoms with Gasteiger partial charge in [0.25, 0.3) is 0 Å². The van der Waals surface area contributed by atoms with Crippen molar-refractivity contribution < 1.29 is 37.3 Å². The van der Waals surface area contributed by atoms with Gasteiger partial charge in [0, 0.05) is 13.0 Å². The Labute approximate surface area is 289 Å². The number of carbonyl (C=O) groups excluding carboxylic acids is 1. The molecule has 0 radical (unpaired) electrons. The van der Waals surface area contributed by atoms with Crippen LogP contribution in [0, 0.1) is 0 Å². The average Bonchev–Trinajstić information content (AvgIpc) is 3.01. The summed E-state index contributed by atoms with van der Waals surface area (Å²) < 4.78 is 34.6. The molecule has 2 atom stereocenters. The number of hydrogen-bond acceptors (Lipinski definition) is 6. The minimum atomic E-state index is -4.26. The molecule has 0 heterocycles. The molecule has 9 heteroatoms. The van der Waals surface area contributed by atoms with E-state index in [1.54, 1.807) is 0 Å².